The molecule has 2 atom stereocenters. The molecule has 0 aliphatic carbocycles. The van der Waals surface area contributed by atoms with Gasteiger partial charge in [0, 0.05) is 12.0 Å². The molecule has 0 aliphatic heterocycles. The molecule has 3 rings (SSSR count). The summed E-state index contributed by atoms with van der Waals surface area (Å²) in [5.41, 5.74) is 18.0. The molecular weight excluding hydrogens is 466 g/mol. The number of carbonyl (C=O) groups excluding carboxylic acids is 2. The van der Waals surface area contributed by atoms with Gasteiger partial charge in [0.25, 0.3) is 0 Å². The van der Waals surface area contributed by atoms with Gasteiger partial charge in [-0.15, -0.1) is 0 Å². The fourth-order valence-corrected chi connectivity index (χ4v) is 4.17. The maximum absolute atomic E-state index is 12.7. The molecule has 0 heterocycles. The van der Waals surface area contributed by atoms with E-state index in [2.05, 4.69) is 24.4 Å². The molecule has 7 heteroatoms. The van der Waals surface area contributed by atoms with Crippen LogP contribution in [0.15, 0.2) is 60.7 Å². The standard InChI is InChI=1S/C30H37N3O4/c1-5-21-9-12-24(28(18-21)36-4)23-10-7-22(8-11-23)17-25(31)30(35)33-26(29(32)34)14-15-37-27-13-6-19(2)16-20(27)3/h6-13,16,18,25-26H,5,14-15,17,31H2,1-4H3,(H2,32,34)(H,33,35)/t25-,26-/m0/s1. The van der Waals surface area contributed by atoms with E-state index < -0.39 is 23.9 Å². The fraction of sp³-hybridized carbons (Fsp3) is 0.333. The van der Waals surface area contributed by atoms with Crippen LogP contribution in [-0.4, -0.2) is 37.6 Å². The Labute approximate surface area is 219 Å². The molecule has 0 unspecified atom stereocenters. The van der Waals surface area contributed by atoms with Gasteiger partial charge < -0.3 is 26.3 Å². The van der Waals surface area contributed by atoms with Crippen molar-refractivity contribution in [2.45, 2.75) is 52.1 Å². The summed E-state index contributed by atoms with van der Waals surface area (Å²) < 4.78 is 11.4. The number of carbonyl (C=O) groups is 2. The van der Waals surface area contributed by atoms with Gasteiger partial charge in [-0.1, -0.05) is 61.0 Å². The first-order valence-electron chi connectivity index (χ1n) is 12.5. The normalized spacial score (nSPS) is 12.5. The average Bonchev–Trinajstić information content (AvgIpc) is 2.89. The van der Waals surface area contributed by atoms with Crippen molar-refractivity contribution in [1.82, 2.24) is 5.32 Å². The van der Waals surface area contributed by atoms with Crippen LogP contribution in [-0.2, 0) is 22.4 Å². The van der Waals surface area contributed by atoms with Crippen molar-refractivity contribution in [2.24, 2.45) is 11.5 Å². The lowest BCUT2D eigenvalue weighted by Crippen LogP contribution is -2.51. The topological polar surface area (TPSA) is 117 Å². The van der Waals surface area contributed by atoms with Crippen LogP contribution >= 0.6 is 0 Å². The fourth-order valence-electron chi connectivity index (χ4n) is 4.17. The van der Waals surface area contributed by atoms with Gasteiger partial charge in [-0.25, -0.2) is 0 Å². The predicted octanol–water partition coefficient (Wildman–Crippen LogP) is 3.85. The number of amides is 2. The minimum absolute atomic E-state index is 0.233. The van der Waals surface area contributed by atoms with Gasteiger partial charge in [-0.2, -0.15) is 0 Å². The number of hydrogen-bond acceptors (Lipinski definition) is 5. The summed E-state index contributed by atoms with van der Waals surface area (Å²) in [5, 5.41) is 2.67. The maximum atomic E-state index is 12.7. The first-order valence-corrected chi connectivity index (χ1v) is 12.5. The van der Waals surface area contributed by atoms with Gasteiger partial charge in [0.1, 0.15) is 17.5 Å². The van der Waals surface area contributed by atoms with E-state index in [1.54, 1.807) is 7.11 Å². The van der Waals surface area contributed by atoms with Gasteiger partial charge in [0.15, 0.2) is 0 Å². The van der Waals surface area contributed by atoms with Gasteiger partial charge in [0.05, 0.1) is 19.8 Å². The number of aryl methyl sites for hydroxylation is 3. The molecule has 7 nitrogen and oxygen atoms in total. The van der Waals surface area contributed by atoms with Gasteiger partial charge in [0.2, 0.25) is 11.8 Å². The quantitative estimate of drug-likeness (QED) is 0.347. The molecule has 0 spiro atoms. The Balaban J connectivity index is 1.57. The van der Waals surface area contributed by atoms with E-state index in [0.717, 1.165) is 45.7 Å². The summed E-state index contributed by atoms with van der Waals surface area (Å²) in [5.74, 6) is 0.495. The maximum Gasteiger partial charge on any atom is 0.240 e. The second-order valence-electron chi connectivity index (χ2n) is 9.27. The van der Waals surface area contributed by atoms with Crippen LogP contribution in [0.2, 0.25) is 0 Å². The summed E-state index contributed by atoms with van der Waals surface area (Å²) in [7, 11) is 1.67. The zero-order valence-corrected chi connectivity index (χ0v) is 22.0. The average molecular weight is 504 g/mol. The number of methoxy groups -OCH3 is 1. The summed E-state index contributed by atoms with van der Waals surface area (Å²) in [4.78, 5) is 24.7. The molecule has 0 aliphatic rings. The first kappa shape index (κ1) is 27.7. The molecule has 196 valence electrons. The molecule has 5 N–H and O–H groups in total. The van der Waals surface area contributed by atoms with Crippen molar-refractivity contribution in [3.63, 3.8) is 0 Å². The van der Waals surface area contributed by atoms with Gasteiger partial charge >= 0.3 is 0 Å². The molecule has 37 heavy (non-hydrogen) atoms. The molecular formula is C30H37N3O4. The molecule has 0 radical (unpaired) electrons. The Morgan fingerprint density at radius 2 is 1.65 bits per heavy atom. The Morgan fingerprint density at radius 3 is 2.27 bits per heavy atom. The molecule has 0 saturated heterocycles. The van der Waals surface area contributed by atoms with Gasteiger partial charge in [-0.05, 0) is 61.1 Å². The van der Waals surface area contributed by atoms with Crippen LogP contribution in [0.25, 0.3) is 11.1 Å². The zero-order chi connectivity index (χ0) is 26.9. The summed E-state index contributed by atoms with van der Waals surface area (Å²) in [6.07, 6.45) is 1.50. The van der Waals surface area contributed by atoms with Crippen molar-refractivity contribution in [3.05, 3.63) is 82.9 Å². The van der Waals surface area contributed by atoms with E-state index in [-0.39, 0.29) is 13.0 Å². The Morgan fingerprint density at radius 1 is 0.946 bits per heavy atom. The lowest BCUT2D eigenvalue weighted by molar-refractivity contribution is -0.128. The van der Waals surface area contributed by atoms with E-state index in [1.165, 1.54) is 5.56 Å². The highest BCUT2D eigenvalue weighted by Crippen LogP contribution is 2.31. The van der Waals surface area contributed by atoms with Crippen LogP contribution in [0.4, 0.5) is 0 Å². The lowest BCUT2D eigenvalue weighted by atomic mass is 9.98. The molecule has 0 aromatic heterocycles. The molecule has 0 bridgehead atoms. The van der Waals surface area contributed by atoms with Crippen molar-refractivity contribution in [3.8, 4) is 22.6 Å². The number of benzene rings is 3. The number of nitrogens with two attached hydrogens (primary N) is 2. The largest absolute Gasteiger partial charge is 0.496 e. The third-order valence-corrected chi connectivity index (χ3v) is 6.39. The molecule has 0 saturated carbocycles. The van der Waals surface area contributed by atoms with Gasteiger partial charge in [-0.3, -0.25) is 9.59 Å². The van der Waals surface area contributed by atoms with E-state index in [1.807, 2.05) is 62.4 Å². The predicted molar refractivity (Wildman–Crippen MR) is 147 cm³/mol. The zero-order valence-electron chi connectivity index (χ0n) is 22.0. The second-order valence-corrected chi connectivity index (χ2v) is 9.27. The van der Waals surface area contributed by atoms with Crippen molar-refractivity contribution >= 4 is 11.8 Å². The second kappa shape index (κ2) is 12.9. The molecule has 2 amide bonds. The SMILES string of the molecule is CCc1ccc(-c2ccc(C[C@H](N)C(=O)N[C@@H](CCOc3ccc(C)cc3C)C(N)=O)cc2)c(OC)c1. The third kappa shape index (κ3) is 7.57. The van der Waals surface area contributed by atoms with Crippen LogP contribution in [0.1, 0.15) is 35.6 Å². The van der Waals surface area contributed by atoms with Crippen LogP contribution in [0.5, 0.6) is 11.5 Å². The van der Waals surface area contributed by atoms with Crippen molar-refractivity contribution in [2.75, 3.05) is 13.7 Å². The number of nitrogens with one attached hydrogen (secondary N) is 1. The Hall–Kier alpha value is -3.84. The highest BCUT2D eigenvalue weighted by Gasteiger charge is 2.22. The van der Waals surface area contributed by atoms with E-state index >= 15 is 0 Å². The first-order chi connectivity index (χ1) is 17.7. The number of ether oxygens (including phenoxy) is 2. The smallest absolute Gasteiger partial charge is 0.240 e. The molecule has 3 aromatic rings. The minimum Gasteiger partial charge on any atom is -0.496 e. The number of primary amides is 1. The highest BCUT2D eigenvalue weighted by molar-refractivity contribution is 5.89. The van der Waals surface area contributed by atoms with Crippen LogP contribution in [0.3, 0.4) is 0 Å². The summed E-state index contributed by atoms with van der Waals surface area (Å²) >= 11 is 0. The molecule has 0 fully saturated rings. The van der Waals surface area contributed by atoms with E-state index in [4.69, 9.17) is 20.9 Å². The summed E-state index contributed by atoms with van der Waals surface area (Å²) in [6, 6.07) is 18.2. The third-order valence-electron chi connectivity index (χ3n) is 6.39. The van der Waals surface area contributed by atoms with Crippen LogP contribution < -0.4 is 26.3 Å². The summed E-state index contributed by atoms with van der Waals surface area (Å²) in [6.45, 7) is 6.31. The van der Waals surface area contributed by atoms with E-state index in [9.17, 15) is 9.59 Å². The Kier molecular flexibility index (Phi) is 9.69. The van der Waals surface area contributed by atoms with Crippen LogP contribution in [0, 0.1) is 13.8 Å². The Bertz CT molecular complexity index is 1220. The number of hydrogen-bond donors (Lipinski definition) is 3. The lowest BCUT2D eigenvalue weighted by Gasteiger charge is -2.19. The van der Waals surface area contributed by atoms with Crippen molar-refractivity contribution in [1.29, 1.82) is 0 Å². The minimum atomic E-state index is -0.870. The van der Waals surface area contributed by atoms with E-state index in [0.29, 0.717) is 6.42 Å². The van der Waals surface area contributed by atoms with Crippen molar-refractivity contribution < 1.29 is 19.1 Å². The monoisotopic (exact) mass is 503 g/mol. The number of rotatable bonds is 12. The molecule has 3 aromatic carbocycles. The highest BCUT2D eigenvalue weighted by atomic mass is 16.5.